The van der Waals surface area contributed by atoms with E-state index in [9.17, 15) is 14.8 Å². The maximum Gasteiger partial charge on any atom is 0.332 e. The lowest BCUT2D eigenvalue weighted by Gasteiger charge is -2.49. The minimum atomic E-state index is -0.531. The van der Waals surface area contributed by atoms with E-state index in [2.05, 4.69) is 4.98 Å². The SMILES string of the molecule is CCCn1c(=O)c2[nH]c(C3CC(C)(C)N([O])C(C)(C)C3)nc2n(CCC)c1=O. The molecule has 0 amide bonds. The summed E-state index contributed by atoms with van der Waals surface area (Å²) >= 11 is 0. The van der Waals surface area contributed by atoms with Crippen molar-refractivity contribution >= 4 is 11.2 Å². The molecule has 3 rings (SSSR count). The van der Waals surface area contributed by atoms with Crippen molar-refractivity contribution in [2.24, 2.45) is 0 Å². The number of aromatic nitrogens is 4. The van der Waals surface area contributed by atoms with Crippen molar-refractivity contribution in [1.29, 1.82) is 0 Å². The molecule has 28 heavy (non-hydrogen) atoms. The predicted octanol–water partition coefficient (Wildman–Crippen LogP) is 2.79. The minimum Gasteiger partial charge on any atom is -0.336 e. The highest BCUT2D eigenvalue weighted by molar-refractivity contribution is 5.70. The van der Waals surface area contributed by atoms with Crippen LogP contribution in [0.2, 0.25) is 0 Å². The van der Waals surface area contributed by atoms with Gasteiger partial charge < -0.3 is 4.98 Å². The first-order valence-electron chi connectivity index (χ1n) is 10.2. The van der Waals surface area contributed by atoms with Crippen molar-refractivity contribution in [3.05, 3.63) is 26.7 Å². The van der Waals surface area contributed by atoms with Crippen LogP contribution in [0.1, 0.15) is 79.0 Å². The Kier molecular flexibility index (Phi) is 5.31. The molecule has 1 saturated heterocycles. The molecule has 1 fully saturated rings. The molecular weight excluding hydrogens is 358 g/mol. The normalized spacial score (nSPS) is 20.1. The highest BCUT2D eigenvalue weighted by atomic mass is 16.5. The number of nitrogens with one attached hydrogen (secondary N) is 1. The van der Waals surface area contributed by atoms with Gasteiger partial charge in [-0.3, -0.25) is 13.9 Å². The van der Waals surface area contributed by atoms with Crippen LogP contribution in [0, 0.1) is 0 Å². The van der Waals surface area contributed by atoms with E-state index in [1.54, 1.807) is 4.57 Å². The molecule has 2 aromatic rings. The highest BCUT2D eigenvalue weighted by Gasteiger charge is 2.47. The van der Waals surface area contributed by atoms with Gasteiger partial charge in [-0.25, -0.2) is 9.78 Å². The van der Waals surface area contributed by atoms with E-state index < -0.39 is 11.1 Å². The van der Waals surface area contributed by atoms with E-state index in [4.69, 9.17) is 4.98 Å². The van der Waals surface area contributed by atoms with Crippen LogP contribution in [0.5, 0.6) is 0 Å². The Morgan fingerprint density at radius 3 is 2.07 bits per heavy atom. The third-order valence-corrected chi connectivity index (χ3v) is 5.75. The summed E-state index contributed by atoms with van der Waals surface area (Å²) in [5.74, 6) is 0.714. The quantitative estimate of drug-likeness (QED) is 0.849. The molecule has 0 unspecified atom stereocenters. The summed E-state index contributed by atoms with van der Waals surface area (Å²) in [5, 5.41) is 13.8. The number of aryl methyl sites for hydroxylation is 1. The van der Waals surface area contributed by atoms with Crippen molar-refractivity contribution < 1.29 is 5.21 Å². The lowest BCUT2D eigenvalue weighted by molar-refractivity contribution is -0.289. The molecule has 0 bridgehead atoms. The molecule has 3 heterocycles. The Balaban J connectivity index is 2.17. The van der Waals surface area contributed by atoms with E-state index in [-0.39, 0.29) is 17.2 Å². The van der Waals surface area contributed by atoms with Crippen molar-refractivity contribution in [3.63, 3.8) is 0 Å². The monoisotopic (exact) mass is 390 g/mol. The van der Waals surface area contributed by atoms with Crippen molar-refractivity contribution in [3.8, 4) is 0 Å². The summed E-state index contributed by atoms with van der Waals surface area (Å²) in [5.41, 5.74) is -0.855. The summed E-state index contributed by atoms with van der Waals surface area (Å²) in [6.45, 7) is 12.6. The first-order chi connectivity index (χ1) is 13.0. The highest BCUT2D eigenvalue weighted by Crippen LogP contribution is 2.44. The molecule has 155 valence electrons. The molecule has 1 radical (unpaired) electrons. The second kappa shape index (κ2) is 7.15. The van der Waals surface area contributed by atoms with Crippen LogP contribution >= 0.6 is 0 Å². The largest absolute Gasteiger partial charge is 0.336 e. The van der Waals surface area contributed by atoms with Gasteiger partial charge in [0.1, 0.15) is 11.3 Å². The summed E-state index contributed by atoms with van der Waals surface area (Å²) in [6, 6.07) is 0. The van der Waals surface area contributed by atoms with Gasteiger partial charge in [-0.05, 0) is 53.4 Å². The fraction of sp³-hybridized carbons (Fsp3) is 0.750. The number of piperidine rings is 1. The maximum absolute atomic E-state index is 12.9. The van der Waals surface area contributed by atoms with Gasteiger partial charge in [0.2, 0.25) is 0 Å². The van der Waals surface area contributed by atoms with Gasteiger partial charge in [-0.1, -0.05) is 13.8 Å². The second-order valence-corrected chi connectivity index (χ2v) is 9.24. The Bertz CT molecular complexity index is 964. The molecule has 0 atom stereocenters. The summed E-state index contributed by atoms with van der Waals surface area (Å²) in [4.78, 5) is 33.7. The number of imidazole rings is 1. The molecule has 8 nitrogen and oxygen atoms in total. The first-order valence-corrected chi connectivity index (χ1v) is 10.2. The van der Waals surface area contributed by atoms with E-state index in [0.29, 0.717) is 49.3 Å². The van der Waals surface area contributed by atoms with Crippen molar-refractivity contribution in [1.82, 2.24) is 24.2 Å². The van der Waals surface area contributed by atoms with Gasteiger partial charge in [-0.2, -0.15) is 0 Å². The van der Waals surface area contributed by atoms with E-state index in [1.807, 2.05) is 41.5 Å². The van der Waals surface area contributed by atoms with Crippen LogP contribution in [0.25, 0.3) is 11.2 Å². The molecule has 0 saturated carbocycles. The average molecular weight is 391 g/mol. The molecule has 1 N–H and O–H groups in total. The van der Waals surface area contributed by atoms with Gasteiger partial charge in [0.25, 0.3) is 5.56 Å². The number of fused-ring (bicyclic) bond motifs is 1. The van der Waals surface area contributed by atoms with Gasteiger partial charge in [0.15, 0.2) is 5.65 Å². The van der Waals surface area contributed by atoms with Crippen molar-refractivity contribution in [2.45, 2.75) is 97.3 Å². The third kappa shape index (κ3) is 3.33. The smallest absolute Gasteiger partial charge is 0.332 e. The molecule has 1 aliphatic rings. The average Bonchev–Trinajstić information content (AvgIpc) is 3.05. The van der Waals surface area contributed by atoms with Gasteiger partial charge in [0.05, 0.1) is 0 Å². The van der Waals surface area contributed by atoms with Gasteiger partial charge >= 0.3 is 5.69 Å². The van der Waals surface area contributed by atoms with Crippen molar-refractivity contribution in [2.75, 3.05) is 0 Å². The number of aromatic amines is 1. The molecule has 0 spiro atoms. The number of nitrogens with zero attached hydrogens (tertiary/aromatic N) is 4. The van der Waals surface area contributed by atoms with Crippen LogP contribution in [0.15, 0.2) is 9.59 Å². The minimum absolute atomic E-state index is 0.0202. The summed E-state index contributed by atoms with van der Waals surface area (Å²) in [6.07, 6.45) is 2.76. The molecule has 1 aliphatic heterocycles. The van der Waals surface area contributed by atoms with Gasteiger partial charge in [0, 0.05) is 30.1 Å². The predicted molar refractivity (Wildman–Crippen MR) is 108 cm³/mol. The topological polar surface area (TPSA) is 95.8 Å². The Morgan fingerprint density at radius 1 is 1.00 bits per heavy atom. The second-order valence-electron chi connectivity index (χ2n) is 9.24. The lowest BCUT2D eigenvalue weighted by Crippen LogP contribution is -2.57. The van der Waals surface area contributed by atoms with Crippen LogP contribution < -0.4 is 11.2 Å². The maximum atomic E-state index is 12.9. The third-order valence-electron chi connectivity index (χ3n) is 5.75. The Labute approximate surface area is 165 Å². The fourth-order valence-electron chi connectivity index (χ4n) is 4.68. The number of hydrogen-bond donors (Lipinski definition) is 1. The van der Waals surface area contributed by atoms with E-state index in [0.717, 1.165) is 6.42 Å². The first kappa shape index (κ1) is 20.8. The number of rotatable bonds is 5. The molecule has 0 aromatic carbocycles. The molecular formula is C20H32N5O3. The Morgan fingerprint density at radius 2 is 1.54 bits per heavy atom. The summed E-state index contributed by atoms with van der Waals surface area (Å²) < 4.78 is 2.90. The number of H-pyrrole nitrogens is 1. The zero-order valence-electron chi connectivity index (χ0n) is 17.8. The fourth-order valence-corrected chi connectivity index (χ4v) is 4.68. The standard InChI is InChI=1S/C20H32N5O3/c1-7-9-23-16-14(17(26)24(10-8-2)18(23)27)21-15(22-16)13-11-19(3,4)25(28)20(5,6)12-13/h13H,7-12H2,1-6H3,(H,21,22). The molecule has 8 heteroatoms. The van der Waals surface area contributed by atoms with Crippen LogP contribution in [-0.2, 0) is 18.3 Å². The van der Waals surface area contributed by atoms with Crippen LogP contribution in [-0.4, -0.2) is 35.2 Å². The van der Waals surface area contributed by atoms with E-state index in [1.165, 1.54) is 9.63 Å². The molecule has 2 aromatic heterocycles. The van der Waals surface area contributed by atoms with Crippen LogP contribution in [0.4, 0.5) is 0 Å². The van der Waals surface area contributed by atoms with Gasteiger partial charge in [-0.15, -0.1) is 10.3 Å². The zero-order valence-corrected chi connectivity index (χ0v) is 17.8. The molecule has 0 aliphatic carbocycles. The van der Waals surface area contributed by atoms with Crippen LogP contribution in [0.3, 0.4) is 0 Å². The Hall–Kier alpha value is -1.93. The summed E-state index contributed by atoms with van der Waals surface area (Å²) in [7, 11) is 0. The number of hydroxylamine groups is 2. The number of hydrogen-bond acceptors (Lipinski definition) is 4. The zero-order chi connectivity index (χ0) is 20.9. The van der Waals surface area contributed by atoms with E-state index >= 15 is 0 Å². The lowest BCUT2D eigenvalue weighted by atomic mass is 9.75.